The third-order valence-corrected chi connectivity index (χ3v) is 5.44. The van der Waals surface area contributed by atoms with Gasteiger partial charge in [-0.1, -0.05) is 40.2 Å². The average molecular weight is 528 g/mol. The number of para-hydroxylation sites is 1. The summed E-state index contributed by atoms with van der Waals surface area (Å²) < 4.78 is 1.69. The highest BCUT2D eigenvalue weighted by atomic mass is 79.9. The monoisotopic (exact) mass is 525 g/mol. The fourth-order valence-electron chi connectivity index (χ4n) is 2.12. The minimum atomic E-state index is -0.421. The fourth-order valence-corrected chi connectivity index (χ4v) is 4.44. The van der Waals surface area contributed by atoms with E-state index < -0.39 is 5.91 Å². The topological polar surface area (TPSA) is 74.6 Å². The molecule has 0 spiro atoms. The van der Waals surface area contributed by atoms with Crippen molar-refractivity contribution in [2.45, 2.75) is 0 Å². The van der Waals surface area contributed by atoms with E-state index >= 15 is 0 Å². The van der Waals surface area contributed by atoms with Gasteiger partial charge in [-0.25, -0.2) is 10.4 Å². The summed E-state index contributed by atoms with van der Waals surface area (Å²) in [6.07, 6.45) is 1.43. The Balaban J connectivity index is 1.80. The molecule has 0 atom stereocenters. The van der Waals surface area contributed by atoms with E-state index in [0.717, 1.165) is 10.9 Å². The predicted molar refractivity (Wildman–Crippen MR) is 108 cm³/mol. The van der Waals surface area contributed by atoms with Crippen molar-refractivity contribution in [1.29, 1.82) is 0 Å². The number of phenols is 1. The number of hydrogen-bond acceptors (Lipinski definition) is 4. The number of hydrogen-bond donors (Lipinski definition) is 2. The first-order valence-electron chi connectivity index (χ1n) is 7.03. The maximum atomic E-state index is 12.2. The summed E-state index contributed by atoms with van der Waals surface area (Å²) in [5, 5.41) is 14.8. The van der Waals surface area contributed by atoms with Gasteiger partial charge in [-0.15, -0.1) is 0 Å². The summed E-state index contributed by atoms with van der Waals surface area (Å²) in [7, 11) is 0. The number of nitrogens with one attached hydrogen (secondary N) is 1. The second-order valence-electron chi connectivity index (χ2n) is 5.00. The smallest absolute Gasteiger partial charge is 0.289 e. The number of nitrogens with zero attached hydrogens (tertiary/aromatic N) is 2. The largest absolute Gasteiger partial charge is 0.506 e. The van der Waals surface area contributed by atoms with Gasteiger partial charge < -0.3 is 5.11 Å². The highest BCUT2D eigenvalue weighted by Crippen LogP contribution is 2.38. The highest BCUT2D eigenvalue weighted by molar-refractivity contribution is 9.11. The fraction of sp³-hybridized carbons (Fsp3) is 0. The second kappa shape index (κ2) is 7.63. The standard InChI is InChI=1S/C17H10Br3N3O2/c18-11-7-12(19)16(24)15(20)10(11)8-21-23-17(25)14-6-5-9-3-1-2-4-13(9)22-14/h1-8,24H,(H,23,25)/b21-8+. The van der Waals surface area contributed by atoms with Crippen molar-refractivity contribution in [3.63, 3.8) is 0 Å². The lowest BCUT2D eigenvalue weighted by Crippen LogP contribution is -2.19. The summed E-state index contributed by atoms with van der Waals surface area (Å²) in [4.78, 5) is 16.5. The number of fused-ring (bicyclic) bond motifs is 1. The first-order valence-corrected chi connectivity index (χ1v) is 9.41. The highest BCUT2D eigenvalue weighted by Gasteiger charge is 2.12. The molecule has 2 aromatic carbocycles. The zero-order valence-corrected chi connectivity index (χ0v) is 17.3. The molecule has 1 aromatic heterocycles. The summed E-state index contributed by atoms with van der Waals surface area (Å²) in [6, 6.07) is 12.7. The molecule has 0 aliphatic rings. The van der Waals surface area contributed by atoms with Gasteiger partial charge in [0.05, 0.1) is 20.7 Å². The number of phenolic OH excluding ortho intramolecular Hbond substituents is 1. The number of hydrazone groups is 1. The van der Waals surface area contributed by atoms with Crippen LogP contribution in [0.5, 0.6) is 5.75 Å². The molecule has 0 aliphatic heterocycles. The van der Waals surface area contributed by atoms with Crippen LogP contribution < -0.4 is 5.43 Å². The Morgan fingerprint density at radius 1 is 1.12 bits per heavy atom. The van der Waals surface area contributed by atoms with Gasteiger partial charge >= 0.3 is 0 Å². The molecule has 0 saturated heterocycles. The summed E-state index contributed by atoms with van der Waals surface area (Å²) in [6.45, 7) is 0. The lowest BCUT2D eigenvalue weighted by molar-refractivity contribution is 0.0950. The van der Waals surface area contributed by atoms with E-state index in [0.29, 0.717) is 19.0 Å². The molecular weight excluding hydrogens is 518 g/mol. The molecule has 1 amide bonds. The molecule has 1 heterocycles. The summed E-state index contributed by atoms with van der Waals surface area (Å²) in [5.41, 5.74) is 4.03. The minimum absolute atomic E-state index is 0.0483. The third kappa shape index (κ3) is 3.91. The van der Waals surface area contributed by atoms with Crippen LogP contribution in [0.3, 0.4) is 0 Å². The molecule has 25 heavy (non-hydrogen) atoms. The number of aromatic hydroxyl groups is 1. The van der Waals surface area contributed by atoms with Gasteiger partial charge in [0.2, 0.25) is 0 Å². The van der Waals surface area contributed by atoms with E-state index in [-0.39, 0.29) is 11.4 Å². The normalized spacial score (nSPS) is 11.2. The van der Waals surface area contributed by atoms with Crippen molar-refractivity contribution in [2.75, 3.05) is 0 Å². The van der Waals surface area contributed by atoms with E-state index in [1.54, 1.807) is 12.1 Å². The molecule has 0 aliphatic carbocycles. The van der Waals surface area contributed by atoms with Gasteiger partial charge in [-0.05, 0) is 50.1 Å². The first-order chi connectivity index (χ1) is 12.0. The van der Waals surface area contributed by atoms with Crippen molar-refractivity contribution >= 4 is 70.8 Å². The Morgan fingerprint density at radius 3 is 2.68 bits per heavy atom. The molecule has 8 heteroatoms. The van der Waals surface area contributed by atoms with Crippen molar-refractivity contribution in [2.24, 2.45) is 5.10 Å². The maximum Gasteiger partial charge on any atom is 0.289 e. The van der Waals surface area contributed by atoms with Crippen LogP contribution in [0.2, 0.25) is 0 Å². The average Bonchev–Trinajstić information content (AvgIpc) is 2.62. The number of rotatable bonds is 3. The molecule has 0 radical (unpaired) electrons. The van der Waals surface area contributed by atoms with Crippen LogP contribution in [0.4, 0.5) is 0 Å². The van der Waals surface area contributed by atoms with Crippen LogP contribution >= 0.6 is 47.8 Å². The lowest BCUT2D eigenvalue weighted by atomic mass is 10.2. The molecule has 2 N–H and O–H groups in total. The van der Waals surface area contributed by atoms with E-state index in [4.69, 9.17) is 0 Å². The molecular formula is C17H10Br3N3O2. The number of benzene rings is 2. The van der Waals surface area contributed by atoms with Crippen molar-refractivity contribution in [3.8, 4) is 5.75 Å². The van der Waals surface area contributed by atoms with E-state index in [9.17, 15) is 9.90 Å². The molecule has 5 nitrogen and oxygen atoms in total. The quantitative estimate of drug-likeness (QED) is 0.372. The van der Waals surface area contributed by atoms with Gasteiger partial charge in [0, 0.05) is 15.4 Å². The Bertz CT molecular complexity index is 1010. The number of aromatic nitrogens is 1. The second-order valence-corrected chi connectivity index (χ2v) is 7.51. The molecule has 0 bridgehead atoms. The van der Waals surface area contributed by atoms with Crippen LogP contribution in [0.25, 0.3) is 10.9 Å². The SMILES string of the molecule is O=C(N/N=C/c1c(Br)cc(Br)c(O)c1Br)c1ccc2ccccc2n1. The molecule has 0 fully saturated rings. The Kier molecular flexibility index (Phi) is 5.51. The van der Waals surface area contributed by atoms with Crippen LogP contribution in [-0.2, 0) is 0 Å². The number of carbonyl (C=O) groups is 1. The molecule has 0 unspecified atom stereocenters. The Labute approximate surface area is 168 Å². The van der Waals surface area contributed by atoms with E-state index in [1.165, 1.54) is 6.21 Å². The van der Waals surface area contributed by atoms with Gasteiger partial charge in [0.25, 0.3) is 5.91 Å². The molecule has 0 saturated carbocycles. The minimum Gasteiger partial charge on any atom is -0.506 e. The number of pyridine rings is 1. The lowest BCUT2D eigenvalue weighted by Gasteiger charge is -2.07. The molecule has 126 valence electrons. The van der Waals surface area contributed by atoms with Crippen molar-refractivity contribution in [1.82, 2.24) is 10.4 Å². The van der Waals surface area contributed by atoms with Crippen LogP contribution in [0.15, 0.2) is 61.0 Å². The zero-order chi connectivity index (χ0) is 18.0. The Morgan fingerprint density at radius 2 is 1.88 bits per heavy atom. The Hall–Kier alpha value is -1.77. The van der Waals surface area contributed by atoms with E-state index in [1.807, 2.05) is 30.3 Å². The van der Waals surface area contributed by atoms with Crippen LogP contribution in [0.1, 0.15) is 16.1 Å². The zero-order valence-electron chi connectivity index (χ0n) is 12.5. The van der Waals surface area contributed by atoms with Crippen LogP contribution in [-0.4, -0.2) is 22.2 Å². The first kappa shape index (κ1) is 18.0. The number of amides is 1. The third-order valence-electron chi connectivity index (χ3n) is 3.37. The number of halogens is 3. The molecule has 3 rings (SSSR count). The van der Waals surface area contributed by atoms with Crippen molar-refractivity contribution < 1.29 is 9.90 Å². The van der Waals surface area contributed by atoms with Crippen molar-refractivity contribution in [3.05, 3.63) is 67.1 Å². The molecule has 3 aromatic rings. The van der Waals surface area contributed by atoms with Crippen LogP contribution in [0, 0.1) is 0 Å². The number of carbonyl (C=O) groups excluding carboxylic acids is 1. The van der Waals surface area contributed by atoms with Gasteiger partial charge in [-0.2, -0.15) is 5.10 Å². The van der Waals surface area contributed by atoms with Gasteiger partial charge in [0.1, 0.15) is 11.4 Å². The van der Waals surface area contributed by atoms with Gasteiger partial charge in [-0.3, -0.25) is 4.79 Å². The van der Waals surface area contributed by atoms with E-state index in [2.05, 4.69) is 63.3 Å². The van der Waals surface area contributed by atoms with Gasteiger partial charge in [0.15, 0.2) is 0 Å². The summed E-state index contributed by atoms with van der Waals surface area (Å²) >= 11 is 9.92. The summed E-state index contributed by atoms with van der Waals surface area (Å²) in [5.74, 6) is -0.372. The predicted octanol–water partition coefficient (Wildman–Crippen LogP) is 4.99. The maximum absolute atomic E-state index is 12.2.